The number of halogens is 2. The third-order valence-corrected chi connectivity index (χ3v) is 9.81. The number of sulfonamides is 2. The topological polar surface area (TPSA) is 122 Å². The predicted octanol–water partition coefficient (Wildman–Crippen LogP) is 4.38. The van der Waals surface area contributed by atoms with Crippen LogP contribution in [0.2, 0.25) is 10.0 Å². The van der Waals surface area contributed by atoms with Crippen molar-refractivity contribution in [2.45, 2.75) is 16.7 Å². The Morgan fingerprint density at radius 3 is 2.16 bits per heavy atom. The van der Waals surface area contributed by atoms with Gasteiger partial charge in [0.05, 0.1) is 28.8 Å². The lowest BCUT2D eigenvalue weighted by atomic mass is 10.2. The Morgan fingerprint density at radius 2 is 1.51 bits per heavy atom. The zero-order valence-electron chi connectivity index (χ0n) is 19.6. The van der Waals surface area contributed by atoms with E-state index in [2.05, 4.69) is 10.0 Å². The van der Waals surface area contributed by atoms with Gasteiger partial charge in [-0.25, -0.2) is 16.8 Å². The number of nitrogens with one attached hydrogen (secondary N) is 2. The summed E-state index contributed by atoms with van der Waals surface area (Å²) in [6.45, 7) is 2.74. The molecule has 3 aromatic rings. The van der Waals surface area contributed by atoms with Crippen molar-refractivity contribution >= 4 is 60.5 Å². The van der Waals surface area contributed by atoms with Crippen LogP contribution in [0.5, 0.6) is 0 Å². The van der Waals surface area contributed by atoms with Gasteiger partial charge in [-0.3, -0.25) is 9.52 Å². The molecule has 0 bridgehead atoms. The van der Waals surface area contributed by atoms with Crippen LogP contribution in [0.1, 0.15) is 15.9 Å². The van der Waals surface area contributed by atoms with Crippen LogP contribution >= 0.6 is 23.2 Å². The van der Waals surface area contributed by atoms with Crippen molar-refractivity contribution in [2.75, 3.05) is 36.3 Å². The second-order valence-electron chi connectivity index (χ2n) is 8.21. The molecule has 1 aliphatic rings. The quantitative estimate of drug-likeness (QED) is 0.425. The zero-order valence-corrected chi connectivity index (χ0v) is 22.7. The second kappa shape index (κ2) is 11.0. The Morgan fingerprint density at radius 1 is 0.865 bits per heavy atom. The molecule has 1 amide bonds. The minimum Gasteiger partial charge on any atom is -0.379 e. The highest BCUT2D eigenvalue weighted by Crippen LogP contribution is 2.27. The van der Waals surface area contributed by atoms with Crippen LogP contribution in [0.25, 0.3) is 0 Å². The van der Waals surface area contributed by atoms with Crippen LogP contribution in [0, 0.1) is 6.92 Å². The molecular formula is C24H23Cl2N3O6S2. The highest BCUT2D eigenvalue weighted by molar-refractivity contribution is 7.92. The first-order chi connectivity index (χ1) is 17.5. The van der Waals surface area contributed by atoms with Gasteiger partial charge in [-0.2, -0.15) is 4.31 Å². The largest absolute Gasteiger partial charge is 0.379 e. The van der Waals surface area contributed by atoms with Gasteiger partial charge in [0.2, 0.25) is 10.0 Å². The van der Waals surface area contributed by atoms with E-state index in [4.69, 9.17) is 27.9 Å². The summed E-state index contributed by atoms with van der Waals surface area (Å²) in [5.74, 6) is -0.585. The standard InChI is InChI=1S/C24H23Cl2N3O6S2/c1-16-2-4-19(15-22(16)26)28-36(31,32)20-7-5-18(6-8-20)27-24(30)17-3-9-21(25)23(14-17)37(33,34)29-10-12-35-13-11-29/h2-9,14-15,28H,10-13H2,1H3,(H,27,30). The number of nitrogens with zero attached hydrogens (tertiary/aromatic N) is 1. The Labute approximate surface area is 225 Å². The fourth-order valence-corrected chi connectivity index (χ4v) is 6.70. The lowest BCUT2D eigenvalue weighted by Gasteiger charge is -2.26. The maximum atomic E-state index is 13.0. The lowest BCUT2D eigenvalue weighted by Crippen LogP contribution is -2.40. The third kappa shape index (κ3) is 6.25. The summed E-state index contributed by atoms with van der Waals surface area (Å²) in [4.78, 5) is 12.6. The molecule has 0 saturated carbocycles. The van der Waals surface area contributed by atoms with E-state index in [0.29, 0.717) is 16.4 Å². The Balaban J connectivity index is 1.49. The highest BCUT2D eigenvalue weighted by Gasteiger charge is 2.29. The average molecular weight is 585 g/mol. The molecular weight excluding hydrogens is 561 g/mol. The number of ether oxygens (including phenoxy) is 1. The highest BCUT2D eigenvalue weighted by atomic mass is 35.5. The third-order valence-electron chi connectivity index (χ3n) is 5.63. The van der Waals surface area contributed by atoms with Crippen molar-refractivity contribution in [1.29, 1.82) is 0 Å². The summed E-state index contributed by atoms with van der Waals surface area (Å²) in [7, 11) is -7.81. The lowest BCUT2D eigenvalue weighted by molar-refractivity contribution is 0.0730. The number of rotatable bonds is 7. The molecule has 0 atom stereocenters. The van der Waals surface area contributed by atoms with E-state index in [1.165, 1.54) is 52.8 Å². The van der Waals surface area contributed by atoms with Gasteiger partial charge in [-0.15, -0.1) is 0 Å². The smallest absolute Gasteiger partial charge is 0.261 e. The van der Waals surface area contributed by atoms with Crippen molar-refractivity contribution in [3.8, 4) is 0 Å². The van der Waals surface area contributed by atoms with Gasteiger partial charge in [0, 0.05) is 29.4 Å². The van der Waals surface area contributed by atoms with Crippen LogP contribution in [-0.2, 0) is 24.8 Å². The monoisotopic (exact) mass is 583 g/mol. The predicted molar refractivity (Wildman–Crippen MR) is 142 cm³/mol. The van der Waals surface area contributed by atoms with E-state index < -0.39 is 26.0 Å². The number of carbonyl (C=O) groups excluding carboxylic acids is 1. The molecule has 13 heteroatoms. The molecule has 1 aliphatic heterocycles. The second-order valence-corrected chi connectivity index (χ2v) is 12.6. The van der Waals surface area contributed by atoms with Crippen molar-refractivity contribution in [3.63, 3.8) is 0 Å². The average Bonchev–Trinajstić information content (AvgIpc) is 2.87. The molecule has 0 aromatic heterocycles. The molecule has 4 rings (SSSR count). The summed E-state index contributed by atoms with van der Waals surface area (Å²) >= 11 is 12.2. The number of aryl methyl sites for hydroxylation is 1. The number of amides is 1. The normalized spacial score (nSPS) is 14.8. The molecule has 0 radical (unpaired) electrons. The Kier molecular flexibility index (Phi) is 8.12. The van der Waals surface area contributed by atoms with Gasteiger partial charge < -0.3 is 10.1 Å². The van der Waals surface area contributed by atoms with E-state index in [9.17, 15) is 21.6 Å². The Hall–Kier alpha value is -2.67. The zero-order chi connectivity index (χ0) is 26.8. The van der Waals surface area contributed by atoms with Crippen molar-refractivity contribution < 1.29 is 26.4 Å². The molecule has 0 spiro atoms. The number of benzene rings is 3. The van der Waals surface area contributed by atoms with Gasteiger partial charge in [-0.05, 0) is 67.1 Å². The number of hydrogen-bond donors (Lipinski definition) is 2. The van der Waals surface area contributed by atoms with Gasteiger partial charge in [0.25, 0.3) is 15.9 Å². The first-order valence-corrected chi connectivity index (χ1v) is 14.7. The minimum absolute atomic E-state index is 0.0000319. The molecule has 3 aromatic carbocycles. The van der Waals surface area contributed by atoms with Crippen molar-refractivity contribution in [3.05, 3.63) is 81.8 Å². The molecule has 2 N–H and O–H groups in total. The molecule has 1 fully saturated rings. The number of morpholine rings is 1. The summed E-state index contributed by atoms with van der Waals surface area (Å²) < 4.78 is 60.4. The molecule has 1 saturated heterocycles. The first-order valence-electron chi connectivity index (χ1n) is 11.1. The van der Waals surface area contributed by atoms with Gasteiger partial charge in [-0.1, -0.05) is 29.3 Å². The molecule has 0 unspecified atom stereocenters. The SMILES string of the molecule is Cc1ccc(NS(=O)(=O)c2ccc(NC(=O)c3ccc(Cl)c(S(=O)(=O)N4CCOCC4)c3)cc2)cc1Cl. The van der Waals surface area contributed by atoms with E-state index in [1.807, 2.05) is 6.92 Å². The molecule has 1 heterocycles. The minimum atomic E-state index is -3.92. The van der Waals surface area contributed by atoms with E-state index in [-0.39, 0.29) is 46.7 Å². The number of anilines is 2. The van der Waals surface area contributed by atoms with Crippen LogP contribution < -0.4 is 10.0 Å². The van der Waals surface area contributed by atoms with E-state index in [1.54, 1.807) is 12.1 Å². The fraction of sp³-hybridized carbons (Fsp3) is 0.208. The van der Waals surface area contributed by atoms with Crippen LogP contribution in [0.3, 0.4) is 0 Å². The molecule has 37 heavy (non-hydrogen) atoms. The molecule has 196 valence electrons. The first kappa shape index (κ1) is 27.4. The van der Waals surface area contributed by atoms with E-state index in [0.717, 1.165) is 5.56 Å². The molecule has 0 aliphatic carbocycles. The fourth-order valence-electron chi connectivity index (χ4n) is 3.56. The summed E-state index contributed by atoms with van der Waals surface area (Å²) in [6.07, 6.45) is 0. The Bertz CT molecular complexity index is 1540. The maximum absolute atomic E-state index is 13.0. The van der Waals surface area contributed by atoms with Gasteiger partial charge >= 0.3 is 0 Å². The van der Waals surface area contributed by atoms with Gasteiger partial charge in [0.1, 0.15) is 4.90 Å². The van der Waals surface area contributed by atoms with Crippen LogP contribution in [0.4, 0.5) is 11.4 Å². The number of carbonyl (C=O) groups is 1. The van der Waals surface area contributed by atoms with Crippen LogP contribution in [-0.4, -0.2) is 53.4 Å². The molecule has 9 nitrogen and oxygen atoms in total. The van der Waals surface area contributed by atoms with E-state index >= 15 is 0 Å². The maximum Gasteiger partial charge on any atom is 0.261 e. The van der Waals surface area contributed by atoms with Gasteiger partial charge in [0.15, 0.2) is 0 Å². The van der Waals surface area contributed by atoms with Crippen LogP contribution in [0.15, 0.2) is 70.5 Å². The summed E-state index contributed by atoms with van der Waals surface area (Å²) in [6, 6.07) is 14.3. The van der Waals surface area contributed by atoms with Crippen molar-refractivity contribution in [1.82, 2.24) is 4.31 Å². The number of hydrogen-bond acceptors (Lipinski definition) is 6. The van der Waals surface area contributed by atoms with Crippen molar-refractivity contribution in [2.24, 2.45) is 0 Å². The summed E-state index contributed by atoms with van der Waals surface area (Å²) in [5, 5.41) is 3.07. The summed E-state index contributed by atoms with van der Waals surface area (Å²) in [5.41, 5.74) is 1.52.